The highest BCUT2D eigenvalue weighted by Gasteiger charge is 2.16. The molecule has 0 unspecified atom stereocenters. The first kappa shape index (κ1) is 12.7. The van der Waals surface area contributed by atoms with Crippen LogP contribution < -0.4 is 19.8 Å². The van der Waals surface area contributed by atoms with Crippen molar-refractivity contribution in [3.63, 3.8) is 0 Å². The molecule has 0 spiro atoms. The van der Waals surface area contributed by atoms with Crippen LogP contribution in [0.4, 0.5) is 4.79 Å². The van der Waals surface area contributed by atoms with Gasteiger partial charge >= 0.3 is 11.8 Å². The molecule has 0 atom stereocenters. The van der Waals surface area contributed by atoms with Crippen molar-refractivity contribution < 1.29 is 28.5 Å². The molecule has 0 aliphatic heterocycles. The van der Waals surface area contributed by atoms with Crippen LogP contribution in [-0.2, 0) is 0 Å². The number of carboxylic acid groups (broad SMARTS) is 1. The molecule has 0 amide bonds. The van der Waals surface area contributed by atoms with Crippen LogP contribution in [0, 0.1) is 0 Å². The molecule has 0 saturated carbocycles. The van der Waals surface area contributed by atoms with Gasteiger partial charge in [0.2, 0.25) is 0 Å². The Morgan fingerprint density at radius 2 is 2.00 bits per heavy atom. The lowest BCUT2D eigenvalue weighted by Crippen LogP contribution is -2.08. The number of rotatable bonds is 3. The van der Waals surface area contributed by atoms with Crippen molar-refractivity contribution in [1.82, 2.24) is 0 Å². The molecule has 0 fully saturated rings. The summed E-state index contributed by atoms with van der Waals surface area (Å²) in [5.41, 5.74) is -0.774. The second-order valence-corrected chi connectivity index (χ2v) is 3.49. The fourth-order valence-electron chi connectivity index (χ4n) is 1.71. The Bertz CT molecular complexity index is 686. The lowest BCUT2D eigenvalue weighted by Gasteiger charge is -2.09. The van der Waals surface area contributed by atoms with E-state index in [1.54, 1.807) is 12.1 Å². The maximum Gasteiger partial charge on any atom is 0.513 e. The zero-order valence-corrected chi connectivity index (χ0v) is 10.1. The van der Waals surface area contributed by atoms with Crippen LogP contribution in [0.25, 0.3) is 10.8 Å². The summed E-state index contributed by atoms with van der Waals surface area (Å²) in [4.78, 5) is 22.3. The first-order valence-corrected chi connectivity index (χ1v) is 5.16. The molecule has 0 radical (unpaired) electrons. The lowest BCUT2D eigenvalue weighted by molar-refractivity contribution is 0.131. The average Bonchev–Trinajstić information content (AvgIpc) is 2.36. The van der Waals surface area contributed by atoms with Crippen LogP contribution in [0.1, 0.15) is 0 Å². The minimum Gasteiger partial charge on any atom is -0.493 e. The van der Waals surface area contributed by atoms with Gasteiger partial charge in [-0.2, -0.15) is 0 Å². The van der Waals surface area contributed by atoms with E-state index in [9.17, 15) is 9.59 Å². The highest BCUT2D eigenvalue weighted by molar-refractivity contribution is 5.90. The Kier molecular flexibility index (Phi) is 3.28. The molecule has 2 aromatic rings. The normalized spacial score (nSPS) is 10.2. The minimum atomic E-state index is -1.57. The van der Waals surface area contributed by atoms with E-state index in [0.717, 1.165) is 0 Å². The van der Waals surface area contributed by atoms with E-state index in [2.05, 4.69) is 4.74 Å². The maximum absolute atomic E-state index is 11.9. The summed E-state index contributed by atoms with van der Waals surface area (Å²) in [6.45, 7) is 0. The van der Waals surface area contributed by atoms with Gasteiger partial charge in [0.15, 0.2) is 11.5 Å². The molecule has 1 N–H and O–H groups in total. The Morgan fingerprint density at radius 3 is 2.58 bits per heavy atom. The summed E-state index contributed by atoms with van der Waals surface area (Å²) < 4.78 is 19.2. The monoisotopic (exact) mass is 266 g/mol. The number of ether oxygens (including phenoxy) is 3. The maximum atomic E-state index is 11.9. The van der Waals surface area contributed by atoms with Gasteiger partial charge in [0.05, 0.1) is 14.2 Å². The molecule has 1 heterocycles. The van der Waals surface area contributed by atoms with Gasteiger partial charge in [-0.25, -0.2) is 9.59 Å². The third kappa shape index (κ3) is 2.30. The van der Waals surface area contributed by atoms with Crippen molar-refractivity contribution in [2.24, 2.45) is 0 Å². The Morgan fingerprint density at radius 1 is 1.26 bits per heavy atom. The summed E-state index contributed by atoms with van der Waals surface area (Å²) >= 11 is 0. The predicted octanol–water partition coefficient (Wildman–Crippen LogP) is 1.87. The van der Waals surface area contributed by atoms with E-state index in [1.165, 1.54) is 20.3 Å². The van der Waals surface area contributed by atoms with Gasteiger partial charge in [-0.15, -0.1) is 0 Å². The van der Waals surface area contributed by atoms with E-state index in [4.69, 9.17) is 19.0 Å². The standard InChI is InChI=1S/C12H10O7/c1-16-7-4-3-6-5-8(19-12(14)15)18-11(13)9(6)10(7)17-2/h3-5H,1-2H3,(H,14,15). The summed E-state index contributed by atoms with van der Waals surface area (Å²) in [6, 6.07) is 4.44. The molecule has 0 aliphatic rings. The van der Waals surface area contributed by atoms with Gasteiger partial charge < -0.3 is 23.7 Å². The van der Waals surface area contributed by atoms with Gasteiger partial charge in [-0.3, -0.25) is 0 Å². The van der Waals surface area contributed by atoms with Crippen LogP contribution in [0.5, 0.6) is 17.4 Å². The molecule has 100 valence electrons. The number of benzene rings is 1. The number of carbonyl (C=O) groups is 1. The number of hydrogen-bond acceptors (Lipinski definition) is 6. The third-order valence-electron chi connectivity index (χ3n) is 2.44. The minimum absolute atomic E-state index is 0.152. The van der Waals surface area contributed by atoms with Crippen LogP contribution in [-0.4, -0.2) is 25.5 Å². The topological polar surface area (TPSA) is 95.2 Å². The Hall–Kier alpha value is -2.70. The summed E-state index contributed by atoms with van der Waals surface area (Å²) in [5, 5.41) is 9.06. The Balaban J connectivity index is 2.72. The summed E-state index contributed by atoms with van der Waals surface area (Å²) in [7, 11) is 2.83. The van der Waals surface area contributed by atoms with Gasteiger partial charge in [-0.1, -0.05) is 0 Å². The van der Waals surface area contributed by atoms with Crippen LogP contribution >= 0.6 is 0 Å². The van der Waals surface area contributed by atoms with Crippen molar-refractivity contribution in [2.75, 3.05) is 14.2 Å². The molecule has 0 bridgehead atoms. The van der Waals surface area contributed by atoms with E-state index in [1.807, 2.05) is 0 Å². The number of fused-ring (bicyclic) bond motifs is 1. The molecular weight excluding hydrogens is 256 g/mol. The fraction of sp³-hybridized carbons (Fsp3) is 0.167. The van der Waals surface area contributed by atoms with Crippen molar-refractivity contribution in [1.29, 1.82) is 0 Å². The predicted molar refractivity (Wildman–Crippen MR) is 64.2 cm³/mol. The van der Waals surface area contributed by atoms with E-state index < -0.39 is 17.7 Å². The Labute approximate surface area is 106 Å². The van der Waals surface area contributed by atoms with Crippen LogP contribution in [0.3, 0.4) is 0 Å². The number of hydrogen-bond donors (Lipinski definition) is 1. The molecule has 1 aromatic carbocycles. The first-order chi connectivity index (χ1) is 9.06. The zero-order valence-electron chi connectivity index (χ0n) is 10.1. The van der Waals surface area contributed by atoms with Crippen molar-refractivity contribution in [3.05, 3.63) is 28.6 Å². The molecule has 0 aliphatic carbocycles. The molecule has 2 rings (SSSR count). The molecule has 7 heteroatoms. The summed E-state index contributed by atoms with van der Waals surface area (Å²) in [5.74, 6) is 0.182. The van der Waals surface area contributed by atoms with E-state index in [-0.39, 0.29) is 11.1 Å². The smallest absolute Gasteiger partial charge is 0.493 e. The third-order valence-corrected chi connectivity index (χ3v) is 2.44. The quantitative estimate of drug-likeness (QED) is 0.847. The molecular formula is C12H10O7. The van der Waals surface area contributed by atoms with Crippen molar-refractivity contribution in [3.8, 4) is 17.4 Å². The van der Waals surface area contributed by atoms with E-state index in [0.29, 0.717) is 11.1 Å². The first-order valence-electron chi connectivity index (χ1n) is 5.16. The molecule has 0 saturated heterocycles. The second kappa shape index (κ2) is 4.89. The second-order valence-electron chi connectivity index (χ2n) is 3.49. The summed E-state index contributed by atoms with van der Waals surface area (Å²) in [6.07, 6.45) is -1.57. The molecule has 7 nitrogen and oxygen atoms in total. The van der Waals surface area contributed by atoms with Crippen LogP contribution in [0.15, 0.2) is 27.4 Å². The van der Waals surface area contributed by atoms with Gasteiger partial charge in [-0.05, 0) is 12.1 Å². The van der Waals surface area contributed by atoms with Crippen LogP contribution in [0.2, 0.25) is 0 Å². The van der Waals surface area contributed by atoms with Crippen molar-refractivity contribution >= 4 is 16.9 Å². The average molecular weight is 266 g/mol. The fourth-order valence-corrected chi connectivity index (χ4v) is 1.71. The highest BCUT2D eigenvalue weighted by atomic mass is 16.7. The lowest BCUT2D eigenvalue weighted by atomic mass is 10.1. The highest BCUT2D eigenvalue weighted by Crippen LogP contribution is 2.34. The largest absolute Gasteiger partial charge is 0.513 e. The zero-order chi connectivity index (χ0) is 14.0. The SMILES string of the molecule is COc1ccc2cc(OC(=O)O)oc(=O)c2c1OC. The number of methoxy groups -OCH3 is 2. The van der Waals surface area contributed by atoms with Gasteiger partial charge in [0.25, 0.3) is 5.95 Å². The van der Waals surface area contributed by atoms with Crippen molar-refractivity contribution in [2.45, 2.75) is 0 Å². The molecule has 1 aromatic heterocycles. The molecule has 19 heavy (non-hydrogen) atoms. The van der Waals surface area contributed by atoms with Gasteiger partial charge in [0.1, 0.15) is 5.39 Å². The van der Waals surface area contributed by atoms with E-state index >= 15 is 0 Å². The van der Waals surface area contributed by atoms with Gasteiger partial charge in [0, 0.05) is 11.5 Å².